The largest absolute Gasteiger partial charge is 0.497 e. The second-order valence-electron chi connectivity index (χ2n) is 14.1. The molecule has 1 aromatic heterocycles. The van der Waals surface area contributed by atoms with Crippen LogP contribution in [0.3, 0.4) is 0 Å². The fourth-order valence-corrected chi connectivity index (χ4v) is 7.68. The molecule has 7 rings (SSSR count). The number of ether oxygens (including phenoxy) is 1. The molecule has 1 saturated heterocycles. The Balaban J connectivity index is 0.000000291. The van der Waals surface area contributed by atoms with Gasteiger partial charge in [0.15, 0.2) is 0 Å². The zero-order chi connectivity index (χ0) is 31.6. The number of aromatic nitrogens is 2. The molecule has 1 N–H and O–H groups in total. The number of aryl methyl sites for hydroxylation is 2. The van der Waals surface area contributed by atoms with Gasteiger partial charge in [-0.3, -0.25) is 9.36 Å². The lowest BCUT2D eigenvalue weighted by Gasteiger charge is -2.61. The maximum atomic E-state index is 14.2. The highest BCUT2D eigenvalue weighted by Gasteiger charge is 2.54. The Bertz CT molecular complexity index is 1550. The molecule has 1 aliphatic heterocycles. The average Bonchev–Trinajstić information content (AvgIpc) is 3.01. The van der Waals surface area contributed by atoms with Crippen molar-refractivity contribution >= 4 is 16.6 Å². The molecule has 238 valence electrons. The van der Waals surface area contributed by atoms with Gasteiger partial charge in [0, 0.05) is 31.4 Å². The summed E-state index contributed by atoms with van der Waals surface area (Å²) in [5, 5.41) is 4.09. The number of methoxy groups -OCH3 is 1. The highest BCUT2D eigenvalue weighted by molar-refractivity contribution is 5.81. The number of piperidine rings is 1. The summed E-state index contributed by atoms with van der Waals surface area (Å²) in [6.45, 7) is 16.5. The Morgan fingerprint density at radius 3 is 2.43 bits per heavy atom. The summed E-state index contributed by atoms with van der Waals surface area (Å²) in [6, 6.07) is 10.4. The first kappa shape index (κ1) is 32.1. The minimum Gasteiger partial charge on any atom is -0.497 e. The van der Waals surface area contributed by atoms with Crippen molar-refractivity contribution in [2.24, 2.45) is 29.1 Å². The van der Waals surface area contributed by atoms with E-state index in [1.165, 1.54) is 55.4 Å². The van der Waals surface area contributed by atoms with E-state index in [2.05, 4.69) is 56.7 Å². The molecule has 4 aliphatic rings. The summed E-state index contributed by atoms with van der Waals surface area (Å²) in [7, 11) is 1.50. The molecule has 4 unspecified atom stereocenters. The average molecular weight is 603 g/mol. The Kier molecular flexibility index (Phi) is 9.71. The molecule has 0 spiro atoms. The molecule has 44 heavy (non-hydrogen) atoms. The summed E-state index contributed by atoms with van der Waals surface area (Å²) in [5.74, 6) is 5.33. The van der Waals surface area contributed by atoms with E-state index in [0.29, 0.717) is 40.6 Å². The lowest BCUT2D eigenvalue weighted by atomic mass is 9.44. The molecular weight excluding hydrogens is 551 g/mol. The minimum absolute atomic E-state index is 0.126. The molecule has 7 heteroatoms. The van der Waals surface area contributed by atoms with Crippen molar-refractivity contribution in [3.63, 3.8) is 0 Å². The van der Waals surface area contributed by atoms with E-state index in [4.69, 9.17) is 4.74 Å². The zero-order valence-electron chi connectivity index (χ0n) is 27.8. The SMILES string of the molecule is CC1CC2CC(C1C)C2(C)C.COc1ccc(CCn2cnc3cc(NC(=C(C)C)N4CCCCC4)ccc3c2=O)c(F)c1. The van der Waals surface area contributed by atoms with Gasteiger partial charge >= 0.3 is 0 Å². The Labute approximate surface area is 262 Å². The third kappa shape index (κ3) is 6.67. The van der Waals surface area contributed by atoms with Crippen LogP contribution in [0, 0.1) is 34.9 Å². The number of nitrogens with zero attached hydrogens (tertiary/aromatic N) is 3. The third-order valence-electron chi connectivity index (χ3n) is 10.9. The maximum Gasteiger partial charge on any atom is 0.261 e. The van der Waals surface area contributed by atoms with Crippen LogP contribution < -0.4 is 15.6 Å². The summed E-state index contributed by atoms with van der Waals surface area (Å²) >= 11 is 0. The highest BCUT2D eigenvalue weighted by atomic mass is 19.1. The minimum atomic E-state index is -0.337. The van der Waals surface area contributed by atoms with Gasteiger partial charge in [-0.2, -0.15) is 0 Å². The van der Waals surface area contributed by atoms with Gasteiger partial charge in [0.25, 0.3) is 5.56 Å². The number of rotatable bonds is 7. The molecule has 0 amide bonds. The number of likely N-dealkylation sites (tertiary alicyclic amines) is 1. The van der Waals surface area contributed by atoms with Crippen molar-refractivity contribution in [3.05, 3.63) is 75.9 Å². The number of allylic oxidation sites excluding steroid dienone is 1. The van der Waals surface area contributed by atoms with Crippen LogP contribution in [0.25, 0.3) is 10.9 Å². The van der Waals surface area contributed by atoms with E-state index < -0.39 is 0 Å². The van der Waals surface area contributed by atoms with E-state index in [0.717, 1.165) is 48.3 Å². The van der Waals surface area contributed by atoms with Crippen LogP contribution in [0.5, 0.6) is 5.75 Å². The van der Waals surface area contributed by atoms with Crippen LogP contribution in [0.4, 0.5) is 10.1 Å². The fourth-order valence-electron chi connectivity index (χ4n) is 7.68. The van der Waals surface area contributed by atoms with Gasteiger partial charge in [0.2, 0.25) is 0 Å². The summed E-state index contributed by atoms with van der Waals surface area (Å²) in [5.41, 5.74) is 3.88. The molecule has 6 nitrogen and oxygen atoms in total. The van der Waals surface area contributed by atoms with Gasteiger partial charge in [-0.15, -0.1) is 0 Å². The van der Waals surface area contributed by atoms with E-state index in [9.17, 15) is 9.18 Å². The zero-order valence-corrected chi connectivity index (χ0v) is 27.8. The van der Waals surface area contributed by atoms with Crippen molar-refractivity contribution < 1.29 is 9.13 Å². The van der Waals surface area contributed by atoms with Crippen molar-refractivity contribution in [2.45, 2.75) is 86.6 Å². The molecule has 2 aromatic carbocycles. The Hall–Kier alpha value is -3.35. The van der Waals surface area contributed by atoms with Crippen LogP contribution in [-0.4, -0.2) is 34.7 Å². The van der Waals surface area contributed by atoms with Gasteiger partial charge in [0.1, 0.15) is 17.4 Å². The number of hydrogen-bond acceptors (Lipinski definition) is 5. The van der Waals surface area contributed by atoms with Crippen molar-refractivity contribution in [2.75, 3.05) is 25.5 Å². The molecule has 2 heterocycles. The number of benzene rings is 2. The lowest BCUT2D eigenvalue weighted by molar-refractivity contribution is -0.124. The highest BCUT2D eigenvalue weighted by Crippen LogP contribution is 2.62. The molecular formula is C37H51FN4O2. The normalized spacial score (nSPS) is 23.7. The van der Waals surface area contributed by atoms with Crippen LogP contribution in [0.2, 0.25) is 0 Å². The van der Waals surface area contributed by atoms with Gasteiger partial charge in [-0.05, 0) is 117 Å². The van der Waals surface area contributed by atoms with E-state index in [1.54, 1.807) is 18.5 Å². The molecule has 3 saturated carbocycles. The predicted molar refractivity (Wildman–Crippen MR) is 178 cm³/mol. The number of anilines is 1. The van der Waals surface area contributed by atoms with Crippen LogP contribution in [-0.2, 0) is 13.0 Å². The maximum absolute atomic E-state index is 14.2. The lowest BCUT2D eigenvalue weighted by Crippen LogP contribution is -2.54. The molecule has 4 atom stereocenters. The van der Waals surface area contributed by atoms with Crippen molar-refractivity contribution in [1.82, 2.24) is 14.5 Å². The Morgan fingerprint density at radius 2 is 1.82 bits per heavy atom. The second-order valence-corrected chi connectivity index (χ2v) is 14.1. The van der Waals surface area contributed by atoms with E-state index in [-0.39, 0.29) is 11.4 Å². The fraction of sp³-hybridized carbons (Fsp3) is 0.568. The summed E-state index contributed by atoms with van der Waals surface area (Å²) in [6.07, 6.45) is 8.65. The third-order valence-corrected chi connectivity index (χ3v) is 10.9. The van der Waals surface area contributed by atoms with Gasteiger partial charge in [-0.25, -0.2) is 9.37 Å². The number of fused-ring (bicyclic) bond motifs is 3. The van der Waals surface area contributed by atoms with Crippen molar-refractivity contribution in [1.29, 1.82) is 0 Å². The van der Waals surface area contributed by atoms with Crippen molar-refractivity contribution in [3.8, 4) is 5.75 Å². The molecule has 2 bridgehead atoms. The molecule has 4 fully saturated rings. The van der Waals surface area contributed by atoms with Crippen LogP contribution >= 0.6 is 0 Å². The number of halogens is 1. The van der Waals surface area contributed by atoms with Gasteiger partial charge in [0.05, 0.1) is 24.3 Å². The first-order valence-electron chi connectivity index (χ1n) is 16.5. The first-order valence-corrected chi connectivity index (χ1v) is 16.5. The summed E-state index contributed by atoms with van der Waals surface area (Å²) in [4.78, 5) is 19.9. The van der Waals surface area contributed by atoms with Gasteiger partial charge < -0.3 is 15.0 Å². The topological polar surface area (TPSA) is 59.4 Å². The van der Waals surface area contributed by atoms with E-state index >= 15 is 0 Å². The molecule has 0 radical (unpaired) electrons. The van der Waals surface area contributed by atoms with Gasteiger partial charge in [-0.1, -0.05) is 33.8 Å². The molecule has 3 aliphatic carbocycles. The Morgan fingerprint density at radius 1 is 1.07 bits per heavy atom. The second kappa shape index (κ2) is 13.3. The number of nitrogens with one attached hydrogen (secondary N) is 1. The standard InChI is InChI=1S/C26H31FN4O2.C11H20/c1-18(2)25(30-12-5-4-6-13-30)29-20-8-10-22-24(15-20)28-17-31(26(22)32)14-11-19-7-9-21(33-3)16-23(19)27;1-7-5-9-6-10(8(7)2)11(9,3)4/h7-10,15-17,29H,4-6,11-14H2,1-3H3;7-10H,5-6H2,1-4H3. The predicted octanol–water partition coefficient (Wildman–Crippen LogP) is 8.26. The van der Waals surface area contributed by atoms with Crippen LogP contribution in [0.15, 0.2) is 58.9 Å². The quantitative estimate of drug-likeness (QED) is 0.295. The van der Waals surface area contributed by atoms with E-state index in [1.807, 2.05) is 18.2 Å². The summed E-state index contributed by atoms with van der Waals surface area (Å²) < 4.78 is 20.8. The smallest absolute Gasteiger partial charge is 0.261 e. The first-order chi connectivity index (χ1) is 21.0. The molecule has 3 aromatic rings. The number of hydrogen-bond donors (Lipinski definition) is 1. The van der Waals surface area contributed by atoms with Crippen LogP contribution in [0.1, 0.15) is 79.2 Å². The monoisotopic (exact) mass is 602 g/mol.